The minimum absolute atomic E-state index is 0.163. The Hall–Kier alpha value is -3.02. The van der Waals surface area contributed by atoms with Crippen molar-refractivity contribution in [2.45, 2.75) is 6.92 Å². The quantitative estimate of drug-likeness (QED) is 0.800. The molecule has 124 valence electrons. The molecule has 0 fully saturated rings. The summed E-state index contributed by atoms with van der Waals surface area (Å²) in [4.78, 5) is 24.0. The number of hydrogen-bond donors (Lipinski definition) is 1. The van der Waals surface area contributed by atoms with Gasteiger partial charge in [-0.25, -0.2) is 0 Å². The van der Waals surface area contributed by atoms with Crippen LogP contribution in [-0.4, -0.2) is 21.6 Å². The summed E-state index contributed by atoms with van der Waals surface area (Å²) in [5.41, 5.74) is 2.34. The molecule has 1 amide bonds. The van der Waals surface area contributed by atoms with Gasteiger partial charge in [-0.1, -0.05) is 6.07 Å². The zero-order chi connectivity index (χ0) is 17.3. The zero-order valence-electron chi connectivity index (χ0n) is 13.9. The summed E-state index contributed by atoms with van der Waals surface area (Å²) in [5, 5.41) is 3.79. The molecule has 0 radical (unpaired) electrons. The number of carbonyl (C=O) groups excluding carboxylic acids is 1. The van der Waals surface area contributed by atoms with E-state index in [1.807, 2.05) is 56.0 Å². The third-order valence-corrected chi connectivity index (χ3v) is 4.01. The summed E-state index contributed by atoms with van der Waals surface area (Å²) in [5.74, 6) is -0.148. The highest BCUT2D eigenvalue weighted by Crippen LogP contribution is 2.23. The topological polar surface area (TPSA) is 65.3 Å². The Morgan fingerprint density at radius 3 is 2.79 bits per heavy atom. The maximum Gasteiger partial charge on any atom is 0.262 e. The highest BCUT2D eigenvalue weighted by atomic mass is 16.5. The average Bonchev–Trinajstić information content (AvgIpc) is 2.92. The van der Waals surface area contributed by atoms with E-state index in [-0.39, 0.29) is 23.7 Å². The monoisotopic (exact) mass is 325 g/mol. The molecule has 0 aliphatic heterocycles. The number of anilines is 1. The van der Waals surface area contributed by atoms with Crippen molar-refractivity contribution in [1.29, 1.82) is 0 Å². The van der Waals surface area contributed by atoms with Gasteiger partial charge in [0.1, 0.15) is 0 Å². The Balaban J connectivity index is 1.72. The van der Waals surface area contributed by atoms with Gasteiger partial charge in [0.2, 0.25) is 5.43 Å². The van der Waals surface area contributed by atoms with E-state index in [9.17, 15) is 9.59 Å². The number of nitrogens with one attached hydrogen (secondary N) is 1. The molecule has 24 heavy (non-hydrogen) atoms. The lowest BCUT2D eigenvalue weighted by atomic mass is 10.2. The third-order valence-electron chi connectivity index (χ3n) is 4.01. The predicted molar refractivity (Wildman–Crippen MR) is 93.5 cm³/mol. The van der Waals surface area contributed by atoms with Crippen molar-refractivity contribution in [3.8, 4) is 5.75 Å². The molecule has 0 aliphatic rings. The van der Waals surface area contributed by atoms with E-state index >= 15 is 0 Å². The molecule has 0 spiro atoms. The lowest BCUT2D eigenvalue weighted by molar-refractivity contribution is -0.118. The van der Waals surface area contributed by atoms with E-state index in [1.54, 1.807) is 10.8 Å². The Labute approximate surface area is 139 Å². The Morgan fingerprint density at radius 2 is 2.00 bits per heavy atom. The molecule has 3 rings (SSSR count). The van der Waals surface area contributed by atoms with Crippen LogP contribution in [0.3, 0.4) is 0 Å². The van der Waals surface area contributed by atoms with E-state index in [2.05, 4.69) is 5.32 Å². The molecule has 1 N–H and O–H groups in total. The molecule has 2 aromatic heterocycles. The van der Waals surface area contributed by atoms with E-state index in [0.717, 1.165) is 22.3 Å². The first-order valence-corrected chi connectivity index (χ1v) is 7.59. The van der Waals surface area contributed by atoms with Gasteiger partial charge in [-0.2, -0.15) is 0 Å². The number of aryl methyl sites for hydroxylation is 3. The summed E-state index contributed by atoms with van der Waals surface area (Å²) in [6, 6.07) is 9.14. The standard InChI is InChI=1S/C18H19N3O3/c1-12-9-16(22)17(10-21(12)3)24-11-18(23)19-14-5-4-6-15-13(14)7-8-20(15)2/h4-10H,11H2,1-3H3,(H,19,23). The summed E-state index contributed by atoms with van der Waals surface area (Å²) in [6.45, 7) is 1.61. The van der Waals surface area contributed by atoms with E-state index in [4.69, 9.17) is 4.74 Å². The first-order chi connectivity index (χ1) is 11.5. The lowest BCUT2D eigenvalue weighted by Gasteiger charge is -2.10. The van der Waals surface area contributed by atoms with Crippen LogP contribution in [0.5, 0.6) is 5.75 Å². The molecule has 1 aromatic carbocycles. The number of fused-ring (bicyclic) bond motifs is 1. The summed E-state index contributed by atoms with van der Waals surface area (Å²) < 4.78 is 9.13. The fourth-order valence-electron chi connectivity index (χ4n) is 2.55. The molecule has 0 saturated heterocycles. The van der Waals surface area contributed by atoms with Crippen molar-refractivity contribution in [3.63, 3.8) is 0 Å². The molecular weight excluding hydrogens is 306 g/mol. The number of ether oxygens (including phenoxy) is 1. The predicted octanol–water partition coefficient (Wildman–Crippen LogP) is 2.20. The second-order valence-corrected chi connectivity index (χ2v) is 5.76. The second-order valence-electron chi connectivity index (χ2n) is 5.76. The van der Waals surface area contributed by atoms with Crippen molar-refractivity contribution < 1.29 is 9.53 Å². The highest BCUT2D eigenvalue weighted by Gasteiger charge is 2.10. The fourth-order valence-corrected chi connectivity index (χ4v) is 2.55. The van der Waals surface area contributed by atoms with Gasteiger partial charge in [-0.3, -0.25) is 9.59 Å². The molecule has 0 aliphatic carbocycles. The van der Waals surface area contributed by atoms with Crippen molar-refractivity contribution in [2.24, 2.45) is 14.1 Å². The molecule has 0 saturated carbocycles. The molecule has 0 atom stereocenters. The number of carbonyl (C=O) groups is 1. The third kappa shape index (κ3) is 3.03. The van der Waals surface area contributed by atoms with Gasteiger partial charge in [0.05, 0.1) is 5.69 Å². The van der Waals surface area contributed by atoms with Crippen LogP contribution in [0.1, 0.15) is 5.69 Å². The molecule has 6 heteroatoms. The number of hydrogen-bond acceptors (Lipinski definition) is 3. The normalized spacial score (nSPS) is 10.8. The van der Waals surface area contributed by atoms with Crippen molar-refractivity contribution in [3.05, 3.63) is 58.6 Å². The number of nitrogens with zero attached hydrogens (tertiary/aromatic N) is 2. The largest absolute Gasteiger partial charge is 0.478 e. The fraction of sp³-hybridized carbons (Fsp3) is 0.222. The number of pyridine rings is 1. The van der Waals surface area contributed by atoms with E-state index in [0.29, 0.717) is 0 Å². The molecule has 6 nitrogen and oxygen atoms in total. The van der Waals surface area contributed by atoms with Crippen molar-refractivity contribution >= 4 is 22.5 Å². The van der Waals surface area contributed by atoms with Crippen LogP contribution >= 0.6 is 0 Å². The maximum absolute atomic E-state index is 12.1. The van der Waals surface area contributed by atoms with Gasteiger partial charge < -0.3 is 19.2 Å². The van der Waals surface area contributed by atoms with Crippen LogP contribution < -0.4 is 15.5 Å². The van der Waals surface area contributed by atoms with Crippen LogP contribution in [0.15, 0.2) is 47.5 Å². The summed E-state index contributed by atoms with van der Waals surface area (Å²) in [7, 11) is 3.77. The Bertz CT molecular complexity index is 969. The number of aromatic nitrogens is 2. The average molecular weight is 325 g/mol. The van der Waals surface area contributed by atoms with Crippen LogP contribution in [0.2, 0.25) is 0 Å². The second kappa shape index (κ2) is 6.23. The molecule has 2 heterocycles. The van der Waals surface area contributed by atoms with Gasteiger partial charge >= 0.3 is 0 Å². The SMILES string of the molecule is Cc1cc(=O)c(OCC(=O)Nc2cccc3c2ccn3C)cn1C. The molecular formula is C18H19N3O3. The first kappa shape index (κ1) is 15.9. The van der Waals surface area contributed by atoms with E-state index < -0.39 is 0 Å². The van der Waals surface area contributed by atoms with E-state index in [1.165, 1.54) is 6.07 Å². The molecule has 0 bridgehead atoms. The molecule has 3 aromatic rings. The van der Waals surface area contributed by atoms with Crippen molar-refractivity contribution in [2.75, 3.05) is 11.9 Å². The van der Waals surface area contributed by atoms with Gasteiger partial charge in [0, 0.05) is 49.2 Å². The highest BCUT2D eigenvalue weighted by molar-refractivity contribution is 6.01. The van der Waals surface area contributed by atoms with Gasteiger partial charge in [-0.15, -0.1) is 0 Å². The molecule has 0 unspecified atom stereocenters. The van der Waals surface area contributed by atoms with Crippen LogP contribution in [-0.2, 0) is 18.9 Å². The lowest BCUT2D eigenvalue weighted by Crippen LogP contribution is -2.22. The van der Waals surface area contributed by atoms with Gasteiger partial charge in [0.25, 0.3) is 5.91 Å². The van der Waals surface area contributed by atoms with Crippen LogP contribution in [0.4, 0.5) is 5.69 Å². The first-order valence-electron chi connectivity index (χ1n) is 7.59. The smallest absolute Gasteiger partial charge is 0.262 e. The Morgan fingerprint density at radius 1 is 1.21 bits per heavy atom. The van der Waals surface area contributed by atoms with Gasteiger partial charge in [-0.05, 0) is 25.1 Å². The number of benzene rings is 1. The van der Waals surface area contributed by atoms with Gasteiger partial charge in [0.15, 0.2) is 12.4 Å². The van der Waals surface area contributed by atoms with Crippen LogP contribution in [0, 0.1) is 6.92 Å². The summed E-state index contributed by atoms with van der Waals surface area (Å²) >= 11 is 0. The number of amides is 1. The Kier molecular flexibility index (Phi) is 4.12. The van der Waals surface area contributed by atoms with Crippen molar-refractivity contribution in [1.82, 2.24) is 9.13 Å². The minimum atomic E-state index is -0.311. The summed E-state index contributed by atoms with van der Waals surface area (Å²) in [6.07, 6.45) is 3.52. The maximum atomic E-state index is 12.1. The zero-order valence-corrected chi connectivity index (χ0v) is 13.9. The van der Waals surface area contributed by atoms with Crippen LogP contribution in [0.25, 0.3) is 10.9 Å². The number of rotatable bonds is 4. The minimum Gasteiger partial charge on any atom is -0.478 e.